The van der Waals surface area contributed by atoms with Gasteiger partial charge in [0.25, 0.3) is 0 Å². The summed E-state index contributed by atoms with van der Waals surface area (Å²) in [6.45, 7) is -0.0817. The first kappa shape index (κ1) is 26.1. The highest BCUT2D eigenvalue weighted by atomic mass is 16.5. The summed E-state index contributed by atoms with van der Waals surface area (Å²) in [4.78, 5) is 35.7. The Balaban J connectivity index is 1.27. The largest absolute Gasteiger partial charge is 0.469 e. The summed E-state index contributed by atoms with van der Waals surface area (Å²) >= 11 is 0. The van der Waals surface area contributed by atoms with Crippen molar-refractivity contribution in [1.82, 2.24) is 5.32 Å². The summed E-state index contributed by atoms with van der Waals surface area (Å²) in [6.07, 6.45) is -3.27. The lowest BCUT2D eigenvalue weighted by Crippen LogP contribution is -2.36. The second-order valence-corrected chi connectivity index (χ2v) is 8.84. The Morgan fingerprint density at radius 3 is 2.05 bits per heavy atom. The van der Waals surface area contributed by atoms with Crippen molar-refractivity contribution in [1.29, 1.82) is 0 Å². The molecule has 0 bridgehead atoms. The van der Waals surface area contributed by atoms with Crippen LogP contribution in [-0.2, 0) is 14.3 Å². The molecule has 1 aliphatic rings. The first-order valence-corrected chi connectivity index (χ1v) is 12.0. The quantitative estimate of drug-likeness (QED) is 0.284. The second-order valence-electron chi connectivity index (χ2n) is 8.84. The molecule has 3 aromatic rings. The number of hydrogen-bond acceptors (Lipinski definition) is 7. The molecular formula is C29H29NO7. The molecule has 4 rings (SSSR count). The fourth-order valence-electron chi connectivity index (χ4n) is 4.50. The Hall–Kier alpha value is -4.01. The molecule has 0 fully saturated rings. The van der Waals surface area contributed by atoms with E-state index in [1.54, 1.807) is 0 Å². The molecule has 192 valence electrons. The van der Waals surface area contributed by atoms with Crippen LogP contribution in [-0.4, -0.2) is 54.4 Å². The third-order valence-corrected chi connectivity index (χ3v) is 6.52. The molecule has 8 heteroatoms. The Labute approximate surface area is 214 Å². The van der Waals surface area contributed by atoms with Gasteiger partial charge in [-0.15, -0.1) is 0 Å². The van der Waals surface area contributed by atoms with Crippen molar-refractivity contribution in [2.45, 2.75) is 31.0 Å². The molecule has 3 N–H and O–H groups in total. The standard InChI is InChI=1S/C29H29NO7/c1-36-27(33)15-14-25(31)18-10-12-19(13-11-18)28(34)26(32)16-30-29(35)37-17-24-22-8-4-2-6-20(22)21-7-3-5-9-23(21)24/h2-13,24,26,28,32,34H,14-17H2,1H3,(H,30,35). The van der Waals surface area contributed by atoms with Crippen LogP contribution in [0.2, 0.25) is 0 Å². The number of nitrogens with one attached hydrogen (secondary N) is 1. The van der Waals surface area contributed by atoms with Gasteiger partial charge in [0, 0.05) is 24.4 Å². The number of hydrogen-bond donors (Lipinski definition) is 3. The average Bonchev–Trinajstić information content (AvgIpc) is 3.26. The van der Waals surface area contributed by atoms with E-state index in [0.29, 0.717) is 11.1 Å². The molecule has 3 aromatic carbocycles. The molecule has 8 nitrogen and oxygen atoms in total. The highest BCUT2D eigenvalue weighted by molar-refractivity contribution is 5.97. The number of amides is 1. The van der Waals surface area contributed by atoms with Gasteiger partial charge in [0.1, 0.15) is 18.8 Å². The number of carbonyl (C=O) groups excluding carboxylic acids is 3. The monoisotopic (exact) mass is 503 g/mol. The Kier molecular flexibility index (Phi) is 8.32. The summed E-state index contributed by atoms with van der Waals surface area (Å²) in [5.41, 5.74) is 5.21. The number of carbonyl (C=O) groups is 3. The summed E-state index contributed by atoms with van der Waals surface area (Å²) in [5, 5.41) is 23.3. The number of fused-ring (bicyclic) bond motifs is 3. The molecule has 0 radical (unpaired) electrons. The fourth-order valence-corrected chi connectivity index (χ4v) is 4.50. The van der Waals surface area contributed by atoms with Crippen molar-refractivity contribution in [2.75, 3.05) is 20.3 Å². The minimum absolute atomic E-state index is 0.0139. The molecule has 0 saturated carbocycles. The average molecular weight is 504 g/mol. The Bertz CT molecular complexity index is 1230. The van der Waals surface area contributed by atoms with Crippen LogP contribution in [0, 0.1) is 0 Å². The van der Waals surface area contributed by atoms with Crippen molar-refractivity contribution < 1.29 is 34.1 Å². The molecule has 2 unspecified atom stereocenters. The molecule has 0 aromatic heterocycles. The van der Waals surface area contributed by atoms with E-state index in [1.165, 1.54) is 31.4 Å². The molecule has 37 heavy (non-hydrogen) atoms. The van der Waals surface area contributed by atoms with Crippen LogP contribution >= 0.6 is 0 Å². The van der Waals surface area contributed by atoms with E-state index >= 15 is 0 Å². The maximum absolute atomic E-state index is 12.3. The molecule has 0 spiro atoms. The van der Waals surface area contributed by atoms with Gasteiger partial charge in [0.2, 0.25) is 0 Å². The van der Waals surface area contributed by atoms with Crippen LogP contribution in [0.5, 0.6) is 0 Å². The van der Waals surface area contributed by atoms with Crippen LogP contribution in [0.15, 0.2) is 72.8 Å². The van der Waals surface area contributed by atoms with Gasteiger partial charge in [-0.1, -0.05) is 72.8 Å². The first-order chi connectivity index (χ1) is 17.9. The van der Waals surface area contributed by atoms with Crippen LogP contribution in [0.1, 0.15) is 51.9 Å². The number of alkyl carbamates (subject to hydrolysis) is 1. The SMILES string of the molecule is COC(=O)CCC(=O)c1ccc(C(O)C(O)CNC(=O)OCC2c3ccccc3-c3ccccc32)cc1. The summed E-state index contributed by atoms with van der Waals surface area (Å²) in [7, 11) is 1.26. The molecule has 1 amide bonds. The number of Topliss-reactive ketones (excluding diaryl/α,β-unsaturated/α-hetero) is 1. The number of methoxy groups -OCH3 is 1. The first-order valence-electron chi connectivity index (χ1n) is 12.0. The van der Waals surface area contributed by atoms with Gasteiger partial charge in [-0.2, -0.15) is 0 Å². The summed E-state index contributed by atoms with van der Waals surface area (Å²) in [5.74, 6) is -0.779. The highest BCUT2D eigenvalue weighted by Gasteiger charge is 2.29. The smallest absolute Gasteiger partial charge is 0.407 e. The predicted molar refractivity (Wildman–Crippen MR) is 136 cm³/mol. The number of aliphatic hydroxyl groups is 2. The van der Waals surface area contributed by atoms with Gasteiger partial charge in [-0.05, 0) is 27.8 Å². The Morgan fingerprint density at radius 2 is 1.46 bits per heavy atom. The second kappa shape index (κ2) is 11.8. The minimum atomic E-state index is -1.29. The van der Waals surface area contributed by atoms with Gasteiger partial charge in [0.15, 0.2) is 5.78 Å². The number of aliphatic hydroxyl groups excluding tert-OH is 2. The van der Waals surface area contributed by atoms with Gasteiger partial charge in [-0.25, -0.2) is 4.79 Å². The molecule has 0 saturated heterocycles. The predicted octanol–water partition coefficient (Wildman–Crippen LogP) is 3.76. The van der Waals surface area contributed by atoms with Gasteiger partial charge in [0.05, 0.1) is 13.5 Å². The number of ketones is 1. The highest BCUT2D eigenvalue weighted by Crippen LogP contribution is 2.44. The van der Waals surface area contributed by atoms with Crippen molar-refractivity contribution in [2.24, 2.45) is 0 Å². The van der Waals surface area contributed by atoms with Gasteiger partial charge >= 0.3 is 12.1 Å². The Morgan fingerprint density at radius 1 is 0.865 bits per heavy atom. The van der Waals surface area contributed by atoms with E-state index in [-0.39, 0.29) is 37.7 Å². The van der Waals surface area contributed by atoms with E-state index < -0.39 is 24.3 Å². The topological polar surface area (TPSA) is 122 Å². The third-order valence-electron chi connectivity index (χ3n) is 6.52. The molecule has 2 atom stereocenters. The van der Waals surface area contributed by atoms with Gasteiger partial charge < -0.3 is 25.0 Å². The lowest BCUT2D eigenvalue weighted by atomic mass is 9.98. The van der Waals surface area contributed by atoms with E-state index in [1.807, 2.05) is 36.4 Å². The van der Waals surface area contributed by atoms with Crippen LogP contribution in [0.4, 0.5) is 4.79 Å². The van der Waals surface area contributed by atoms with Crippen molar-refractivity contribution in [3.8, 4) is 11.1 Å². The van der Waals surface area contributed by atoms with E-state index in [2.05, 4.69) is 22.2 Å². The molecule has 1 aliphatic carbocycles. The van der Waals surface area contributed by atoms with Crippen LogP contribution in [0.3, 0.4) is 0 Å². The maximum atomic E-state index is 12.3. The van der Waals surface area contributed by atoms with E-state index in [4.69, 9.17) is 4.74 Å². The van der Waals surface area contributed by atoms with Crippen molar-refractivity contribution >= 4 is 17.8 Å². The van der Waals surface area contributed by atoms with Crippen LogP contribution < -0.4 is 5.32 Å². The lowest BCUT2D eigenvalue weighted by molar-refractivity contribution is -0.140. The molecule has 0 aliphatic heterocycles. The third kappa shape index (κ3) is 6.04. The fraction of sp³-hybridized carbons (Fsp3) is 0.276. The summed E-state index contributed by atoms with van der Waals surface area (Å²) in [6, 6.07) is 22.1. The number of rotatable bonds is 10. The molecule has 0 heterocycles. The van der Waals surface area contributed by atoms with Crippen LogP contribution in [0.25, 0.3) is 11.1 Å². The number of benzene rings is 3. The molecular weight excluding hydrogens is 474 g/mol. The normalized spacial score (nSPS) is 13.7. The zero-order valence-corrected chi connectivity index (χ0v) is 20.4. The zero-order chi connectivity index (χ0) is 26.4. The summed E-state index contributed by atoms with van der Waals surface area (Å²) < 4.78 is 9.98. The lowest BCUT2D eigenvalue weighted by Gasteiger charge is -2.19. The van der Waals surface area contributed by atoms with E-state index in [9.17, 15) is 24.6 Å². The van der Waals surface area contributed by atoms with E-state index in [0.717, 1.165) is 22.3 Å². The van der Waals surface area contributed by atoms with Crippen molar-refractivity contribution in [3.05, 3.63) is 95.1 Å². The van der Waals surface area contributed by atoms with Crippen molar-refractivity contribution in [3.63, 3.8) is 0 Å². The number of esters is 1. The van der Waals surface area contributed by atoms with Gasteiger partial charge in [-0.3, -0.25) is 9.59 Å². The zero-order valence-electron chi connectivity index (χ0n) is 20.4. The maximum Gasteiger partial charge on any atom is 0.407 e. The number of ether oxygens (including phenoxy) is 2. The minimum Gasteiger partial charge on any atom is -0.469 e.